The van der Waals surface area contributed by atoms with Crippen molar-refractivity contribution in [2.75, 3.05) is 5.73 Å². The average molecular weight is 323 g/mol. The molecule has 0 aliphatic carbocycles. The fourth-order valence-corrected chi connectivity index (χ4v) is 2.17. The Labute approximate surface area is 134 Å². The Bertz CT molecular complexity index is 996. The van der Waals surface area contributed by atoms with Gasteiger partial charge in [-0.1, -0.05) is 22.5 Å². The number of nitrogens with two attached hydrogens (primary N) is 1. The number of aromatic nitrogens is 6. The van der Waals surface area contributed by atoms with Crippen LogP contribution in [0.5, 0.6) is 0 Å². The first-order valence-electron chi connectivity index (χ1n) is 6.94. The number of benzene rings is 1. The summed E-state index contributed by atoms with van der Waals surface area (Å²) in [4.78, 5) is 8.23. The molecule has 3 aromatic heterocycles. The monoisotopic (exact) mass is 323 g/mol. The van der Waals surface area contributed by atoms with Gasteiger partial charge in [-0.3, -0.25) is 4.98 Å². The van der Waals surface area contributed by atoms with Crippen LogP contribution in [-0.2, 0) is 0 Å². The molecule has 1 aromatic carbocycles. The van der Waals surface area contributed by atoms with Crippen LogP contribution in [0.1, 0.15) is 0 Å². The summed E-state index contributed by atoms with van der Waals surface area (Å²) < 4.78 is 20.3. The molecule has 0 saturated heterocycles. The van der Waals surface area contributed by atoms with E-state index >= 15 is 0 Å². The van der Waals surface area contributed by atoms with Crippen LogP contribution in [-0.4, -0.2) is 30.1 Å². The number of halogens is 1. The highest BCUT2D eigenvalue weighted by molar-refractivity contribution is 5.66. The van der Waals surface area contributed by atoms with Crippen LogP contribution in [0, 0.1) is 5.82 Å². The number of nitrogen functional groups attached to an aromatic ring is 1. The van der Waals surface area contributed by atoms with Gasteiger partial charge in [0.2, 0.25) is 5.82 Å². The summed E-state index contributed by atoms with van der Waals surface area (Å²) in [7, 11) is 0. The lowest BCUT2D eigenvalue weighted by Gasteiger charge is -2.03. The molecule has 118 valence electrons. The van der Waals surface area contributed by atoms with E-state index in [1.54, 1.807) is 42.7 Å². The number of nitrogens with zero attached hydrogens (tertiary/aromatic N) is 6. The Morgan fingerprint density at radius 3 is 2.79 bits per heavy atom. The minimum atomic E-state index is -0.470. The van der Waals surface area contributed by atoms with Crippen molar-refractivity contribution in [2.24, 2.45) is 0 Å². The van der Waals surface area contributed by atoms with E-state index in [1.165, 1.54) is 10.7 Å². The summed E-state index contributed by atoms with van der Waals surface area (Å²) in [6.07, 6.45) is 3.25. The van der Waals surface area contributed by atoms with E-state index in [1.807, 2.05) is 0 Å². The largest absolute Gasteiger partial charge is 0.382 e. The molecule has 4 rings (SSSR count). The van der Waals surface area contributed by atoms with E-state index in [9.17, 15) is 4.39 Å². The van der Waals surface area contributed by atoms with E-state index in [0.717, 1.165) is 0 Å². The van der Waals surface area contributed by atoms with E-state index in [2.05, 4.69) is 25.4 Å². The van der Waals surface area contributed by atoms with Crippen LogP contribution in [0.25, 0.3) is 28.7 Å². The van der Waals surface area contributed by atoms with Crippen LogP contribution in [0.3, 0.4) is 0 Å². The van der Waals surface area contributed by atoms with Crippen molar-refractivity contribution in [2.45, 2.75) is 0 Å². The number of rotatable bonds is 3. The topological polar surface area (TPSA) is 109 Å². The number of para-hydroxylation sites is 1. The first-order valence-corrected chi connectivity index (χ1v) is 6.94. The van der Waals surface area contributed by atoms with E-state index in [4.69, 9.17) is 10.3 Å². The fourth-order valence-electron chi connectivity index (χ4n) is 2.17. The normalized spacial score (nSPS) is 10.9. The van der Waals surface area contributed by atoms with Gasteiger partial charge in [0.1, 0.15) is 11.5 Å². The second kappa shape index (κ2) is 5.54. The van der Waals surface area contributed by atoms with Gasteiger partial charge < -0.3 is 10.3 Å². The van der Waals surface area contributed by atoms with Gasteiger partial charge in [0, 0.05) is 18.0 Å². The molecule has 0 saturated carbocycles. The summed E-state index contributed by atoms with van der Waals surface area (Å²) in [6.45, 7) is 0. The molecule has 0 aliphatic heterocycles. The Balaban J connectivity index is 1.74. The number of hydrogen-bond acceptors (Lipinski definition) is 7. The second-order valence-corrected chi connectivity index (χ2v) is 4.85. The standard InChI is InChI=1S/C15H10FN7O/c16-10-5-1-2-6-11(10)23-13(17)12(20-22-23)15-19-14(21-24-15)9-4-3-7-18-8-9/h1-8H,17H2. The van der Waals surface area contributed by atoms with Gasteiger partial charge in [-0.25, -0.2) is 4.39 Å². The third kappa shape index (κ3) is 2.28. The number of pyridine rings is 1. The Morgan fingerprint density at radius 2 is 2.00 bits per heavy atom. The van der Waals surface area contributed by atoms with Crippen molar-refractivity contribution in [3.05, 3.63) is 54.6 Å². The molecule has 2 N–H and O–H groups in total. The molecule has 4 aromatic rings. The predicted molar refractivity (Wildman–Crippen MR) is 82.3 cm³/mol. The molecule has 3 heterocycles. The van der Waals surface area contributed by atoms with Gasteiger partial charge in [-0.05, 0) is 24.3 Å². The maximum Gasteiger partial charge on any atom is 0.282 e. The summed E-state index contributed by atoms with van der Waals surface area (Å²) >= 11 is 0. The second-order valence-electron chi connectivity index (χ2n) is 4.85. The molecule has 8 nitrogen and oxygen atoms in total. The van der Waals surface area contributed by atoms with Gasteiger partial charge in [-0.2, -0.15) is 9.67 Å². The molecule has 0 aliphatic rings. The minimum Gasteiger partial charge on any atom is -0.382 e. The van der Waals surface area contributed by atoms with Crippen molar-refractivity contribution >= 4 is 5.82 Å². The molecule has 0 amide bonds. The lowest BCUT2D eigenvalue weighted by Crippen LogP contribution is -2.04. The highest BCUT2D eigenvalue weighted by atomic mass is 19.1. The first kappa shape index (κ1) is 14.0. The molecule has 0 atom stereocenters. The molecular weight excluding hydrogens is 313 g/mol. The lowest BCUT2D eigenvalue weighted by molar-refractivity contribution is 0.431. The lowest BCUT2D eigenvalue weighted by atomic mass is 10.3. The molecule has 0 unspecified atom stereocenters. The fraction of sp³-hybridized carbons (Fsp3) is 0. The summed E-state index contributed by atoms with van der Waals surface area (Å²) in [5, 5.41) is 11.7. The zero-order valence-electron chi connectivity index (χ0n) is 12.2. The molecule has 9 heteroatoms. The molecule has 0 fully saturated rings. The summed E-state index contributed by atoms with van der Waals surface area (Å²) in [6, 6.07) is 9.65. The van der Waals surface area contributed by atoms with Gasteiger partial charge in [-0.15, -0.1) is 5.10 Å². The summed E-state index contributed by atoms with van der Waals surface area (Å²) in [5.74, 6) is 0.0654. The van der Waals surface area contributed by atoms with Crippen molar-refractivity contribution < 1.29 is 8.91 Å². The van der Waals surface area contributed by atoms with E-state index in [-0.39, 0.29) is 23.1 Å². The van der Waals surface area contributed by atoms with Crippen LogP contribution in [0.15, 0.2) is 53.3 Å². The van der Waals surface area contributed by atoms with E-state index < -0.39 is 5.82 Å². The zero-order valence-corrected chi connectivity index (χ0v) is 12.2. The Morgan fingerprint density at radius 1 is 1.12 bits per heavy atom. The van der Waals surface area contributed by atoms with Crippen molar-refractivity contribution in [3.63, 3.8) is 0 Å². The van der Waals surface area contributed by atoms with E-state index in [0.29, 0.717) is 11.4 Å². The van der Waals surface area contributed by atoms with Crippen LogP contribution < -0.4 is 5.73 Å². The van der Waals surface area contributed by atoms with Crippen LogP contribution in [0.2, 0.25) is 0 Å². The van der Waals surface area contributed by atoms with Gasteiger partial charge in [0.05, 0.1) is 0 Å². The third-order valence-corrected chi connectivity index (χ3v) is 3.33. The van der Waals surface area contributed by atoms with Crippen LogP contribution >= 0.6 is 0 Å². The van der Waals surface area contributed by atoms with Gasteiger partial charge in [0.25, 0.3) is 5.89 Å². The third-order valence-electron chi connectivity index (χ3n) is 3.33. The average Bonchev–Trinajstić information content (AvgIpc) is 3.23. The van der Waals surface area contributed by atoms with Crippen LogP contribution in [0.4, 0.5) is 10.2 Å². The van der Waals surface area contributed by atoms with Crippen molar-refractivity contribution in [1.29, 1.82) is 0 Å². The SMILES string of the molecule is Nc1c(-c2nc(-c3cccnc3)no2)nnn1-c1ccccc1F. The van der Waals surface area contributed by atoms with Crippen molar-refractivity contribution in [3.8, 4) is 28.7 Å². The maximum absolute atomic E-state index is 13.9. The quantitative estimate of drug-likeness (QED) is 0.615. The van der Waals surface area contributed by atoms with Crippen molar-refractivity contribution in [1.82, 2.24) is 30.1 Å². The molecule has 0 spiro atoms. The first-order chi connectivity index (χ1) is 11.7. The molecule has 24 heavy (non-hydrogen) atoms. The highest BCUT2D eigenvalue weighted by Crippen LogP contribution is 2.26. The molecular formula is C15H10FN7O. The zero-order chi connectivity index (χ0) is 16.5. The minimum absolute atomic E-state index is 0.0916. The Kier molecular flexibility index (Phi) is 3.23. The number of hydrogen-bond donors (Lipinski definition) is 1. The van der Waals surface area contributed by atoms with Gasteiger partial charge in [0.15, 0.2) is 11.5 Å². The smallest absolute Gasteiger partial charge is 0.282 e. The van der Waals surface area contributed by atoms with Gasteiger partial charge >= 0.3 is 0 Å². The number of anilines is 1. The predicted octanol–water partition coefficient (Wildman–Crippen LogP) is 2.10. The maximum atomic E-state index is 13.9. The highest BCUT2D eigenvalue weighted by Gasteiger charge is 2.20. The Hall–Kier alpha value is -3.62. The molecule has 0 radical (unpaired) electrons. The molecule has 0 bridgehead atoms. The summed E-state index contributed by atoms with van der Waals surface area (Å²) in [5.41, 5.74) is 7.07.